The third-order valence-electron chi connectivity index (χ3n) is 4.83. The molecule has 2 rings (SSSR count). The topological polar surface area (TPSA) is 60.0 Å². The Morgan fingerprint density at radius 2 is 1.92 bits per heavy atom. The van der Waals surface area contributed by atoms with E-state index in [0.29, 0.717) is 18.4 Å². The Hall–Kier alpha value is -1.56. The molecule has 0 aromatic rings. The molecule has 1 heterocycles. The van der Waals surface area contributed by atoms with Gasteiger partial charge in [-0.15, -0.1) is 6.58 Å². The van der Waals surface area contributed by atoms with E-state index in [2.05, 4.69) is 38.9 Å². The van der Waals surface area contributed by atoms with E-state index in [0.717, 1.165) is 64.6 Å². The maximum atomic E-state index is 12.4. The summed E-state index contributed by atoms with van der Waals surface area (Å²) in [7, 11) is 0. The molecule has 24 heavy (non-hydrogen) atoms. The summed E-state index contributed by atoms with van der Waals surface area (Å²) < 4.78 is 0. The van der Waals surface area contributed by atoms with Gasteiger partial charge in [-0.05, 0) is 19.8 Å². The molecule has 2 aliphatic rings. The van der Waals surface area contributed by atoms with Crippen LogP contribution < -0.4 is 10.6 Å². The Kier molecular flexibility index (Phi) is 8.08. The number of rotatable bonds is 7. The molecule has 1 amide bonds. The zero-order valence-corrected chi connectivity index (χ0v) is 15.1. The van der Waals surface area contributed by atoms with Crippen molar-refractivity contribution < 1.29 is 4.79 Å². The lowest BCUT2D eigenvalue weighted by Gasteiger charge is -2.35. The predicted octanol–water partition coefficient (Wildman–Crippen LogP) is 1.06. The highest BCUT2D eigenvalue weighted by molar-refractivity contribution is 5.80. The number of amides is 1. The summed E-state index contributed by atoms with van der Waals surface area (Å²) in [5.74, 6) is 1.54. The van der Waals surface area contributed by atoms with Crippen molar-refractivity contribution in [2.45, 2.75) is 32.6 Å². The third kappa shape index (κ3) is 5.82. The summed E-state index contributed by atoms with van der Waals surface area (Å²) in [6.07, 6.45) is 6.47. The number of nitrogens with zero attached hydrogens (tertiary/aromatic N) is 3. The molecule has 0 unspecified atom stereocenters. The maximum absolute atomic E-state index is 12.4. The Balaban J connectivity index is 1.68. The van der Waals surface area contributed by atoms with Crippen LogP contribution in [-0.2, 0) is 4.79 Å². The molecule has 6 nitrogen and oxygen atoms in total. The number of hydrogen-bond acceptors (Lipinski definition) is 3. The molecule has 1 aliphatic carbocycles. The molecule has 1 saturated heterocycles. The van der Waals surface area contributed by atoms with Gasteiger partial charge in [0, 0.05) is 51.7 Å². The van der Waals surface area contributed by atoms with Gasteiger partial charge in [-0.2, -0.15) is 0 Å². The smallest absolute Gasteiger partial charge is 0.225 e. The fraction of sp³-hybridized carbons (Fsp3) is 0.778. The SMILES string of the molecule is C=CCNC(=NCCN1CCN(C(=O)C2CCCC2)CC1)NCC. The van der Waals surface area contributed by atoms with Crippen LogP contribution in [0.3, 0.4) is 0 Å². The Bertz CT molecular complexity index is 423. The average molecular weight is 335 g/mol. The van der Waals surface area contributed by atoms with E-state index in [1.807, 2.05) is 6.08 Å². The van der Waals surface area contributed by atoms with Crippen LogP contribution in [0.5, 0.6) is 0 Å². The van der Waals surface area contributed by atoms with Crippen LogP contribution in [0.15, 0.2) is 17.6 Å². The van der Waals surface area contributed by atoms with E-state index >= 15 is 0 Å². The zero-order valence-electron chi connectivity index (χ0n) is 15.1. The fourth-order valence-corrected chi connectivity index (χ4v) is 3.44. The summed E-state index contributed by atoms with van der Waals surface area (Å²) in [6.45, 7) is 12.7. The quantitative estimate of drug-likeness (QED) is 0.415. The minimum atomic E-state index is 0.305. The van der Waals surface area contributed by atoms with Gasteiger partial charge in [-0.25, -0.2) is 0 Å². The number of carbonyl (C=O) groups is 1. The molecule has 1 saturated carbocycles. The third-order valence-corrected chi connectivity index (χ3v) is 4.83. The first kappa shape index (κ1) is 18.8. The second-order valence-electron chi connectivity index (χ2n) is 6.58. The van der Waals surface area contributed by atoms with Gasteiger partial charge in [0.25, 0.3) is 0 Å². The standard InChI is InChI=1S/C18H33N5O/c1-3-9-20-18(19-4-2)21-10-11-22-12-14-23(15-13-22)17(24)16-7-5-6-8-16/h3,16H,1,4-15H2,2H3,(H2,19,20,21). The Labute approximate surface area is 146 Å². The van der Waals surface area contributed by atoms with E-state index in [9.17, 15) is 4.79 Å². The van der Waals surface area contributed by atoms with Crippen molar-refractivity contribution in [2.24, 2.45) is 10.9 Å². The van der Waals surface area contributed by atoms with Gasteiger partial charge in [0.05, 0.1) is 6.54 Å². The monoisotopic (exact) mass is 335 g/mol. The minimum Gasteiger partial charge on any atom is -0.357 e. The van der Waals surface area contributed by atoms with E-state index < -0.39 is 0 Å². The van der Waals surface area contributed by atoms with E-state index in [-0.39, 0.29) is 0 Å². The van der Waals surface area contributed by atoms with Crippen LogP contribution in [-0.4, -0.2) is 74.0 Å². The number of nitrogens with one attached hydrogen (secondary N) is 2. The van der Waals surface area contributed by atoms with Crippen LogP contribution >= 0.6 is 0 Å². The first-order valence-electron chi connectivity index (χ1n) is 9.38. The first-order chi connectivity index (χ1) is 11.7. The van der Waals surface area contributed by atoms with Crippen LogP contribution in [0.2, 0.25) is 0 Å². The summed E-state index contributed by atoms with van der Waals surface area (Å²) >= 11 is 0. The van der Waals surface area contributed by atoms with Gasteiger partial charge in [0.2, 0.25) is 5.91 Å². The van der Waals surface area contributed by atoms with Crippen molar-refractivity contribution in [3.8, 4) is 0 Å². The average Bonchev–Trinajstić information content (AvgIpc) is 3.14. The van der Waals surface area contributed by atoms with Crippen LogP contribution in [0, 0.1) is 5.92 Å². The summed E-state index contributed by atoms with van der Waals surface area (Å²) in [4.78, 5) is 21.5. The molecule has 0 bridgehead atoms. The highest BCUT2D eigenvalue weighted by Gasteiger charge is 2.29. The van der Waals surface area contributed by atoms with E-state index in [4.69, 9.17) is 0 Å². The first-order valence-corrected chi connectivity index (χ1v) is 9.38. The number of guanidine groups is 1. The van der Waals surface area contributed by atoms with E-state index in [1.165, 1.54) is 12.8 Å². The van der Waals surface area contributed by atoms with Crippen molar-refractivity contribution in [1.29, 1.82) is 0 Å². The summed E-state index contributed by atoms with van der Waals surface area (Å²) in [6, 6.07) is 0. The van der Waals surface area contributed by atoms with Crippen molar-refractivity contribution in [3.05, 3.63) is 12.7 Å². The molecule has 1 aliphatic heterocycles. The maximum Gasteiger partial charge on any atom is 0.225 e. The van der Waals surface area contributed by atoms with Gasteiger partial charge in [-0.1, -0.05) is 18.9 Å². The van der Waals surface area contributed by atoms with E-state index in [1.54, 1.807) is 0 Å². The highest BCUT2D eigenvalue weighted by atomic mass is 16.2. The van der Waals surface area contributed by atoms with Gasteiger partial charge in [0.1, 0.15) is 0 Å². The lowest BCUT2D eigenvalue weighted by molar-refractivity contribution is -0.137. The normalized spacial score (nSPS) is 20.2. The molecule has 0 radical (unpaired) electrons. The molecule has 0 aromatic heterocycles. The van der Waals surface area contributed by atoms with Crippen molar-refractivity contribution in [3.63, 3.8) is 0 Å². The molecule has 2 fully saturated rings. The fourth-order valence-electron chi connectivity index (χ4n) is 3.44. The number of aliphatic imine (C=N–C) groups is 1. The van der Waals surface area contributed by atoms with Crippen molar-refractivity contribution in [2.75, 3.05) is 52.4 Å². The van der Waals surface area contributed by atoms with Gasteiger partial charge in [0.15, 0.2) is 5.96 Å². The summed E-state index contributed by atoms with van der Waals surface area (Å²) in [5.41, 5.74) is 0. The second-order valence-corrected chi connectivity index (χ2v) is 6.58. The Morgan fingerprint density at radius 3 is 2.54 bits per heavy atom. The van der Waals surface area contributed by atoms with Gasteiger partial charge >= 0.3 is 0 Å². The lowest BCUT2D eigenvalue weighted by Crippen LogP contribution is -2.50. The van der Waals surface area contributed by atoms with Crippen LogP contribution in [0.1, 0.15) is 32.6 Å². The summed E-state index contributed by atoms with van der Waals surface area (Å²) in [5, 5.41) is 6.44. The number of carbonyl (C=O) groups excluding carboxylic acids is 1. The van der Waals surface area contributed by atoms with Crippen molar-refractivity contribution in [1.82, 2.24) is 20.4 Å². The predicted molar refractivity (Wildman–Crippen MR) is 99.2 cm³/mol. The molecule has 0 aromatic carbocycles. The molecule has 136 valence electrons. The van der Waals surface area contributed by atoms with Crippen molar-refractivity contribution >= 4 is 11.9 Å². The molecular weight excluding hydrogens is 302 g/mol. The Morgan fingerprint density at radius 1 is 1.21 bits per heavy atom. The number of hydrogen-bond donors (Lipinski definition) is 2. The molecule has 6 heteroatoms. The number of piperazine rings is 1. The molecule has 0 atom stereocenters. The molecular formula is C18H33N5O. The van der Waals surface area contributed by atoms with Crippen LogP contribution in [0.25, 0.3) is 0 Å². The lowest BCUT2D eigenvalue weighted by atomic mass is 10.1. The largest absolute Gasteiger partial charge is 0.357 e. The molecule has 2 N–H and O–H groups in total. The minimum absolute atomic E-state index is 0.305. The van der Waals surface area contributed by atoms with Gasteiger partial charge in [-0.3, -0.25) is 14.7 Å². The van der Waals surface area contributed by atoms with Crippen LogP contribution in [0.4, 0.5) is 0 Å². The zero-order chi connectivity index (χ0) is 17.2. The van der Waals surface area contributed by atoms with Gasteiger partial charge < -0.3 is 15.5 Å². The highest BCUT2D eigenvalue weighted by Crippen LogP contribution is 2.26. The molecule has 0 spiro atoms. The second kappa shape index (κ2) is 10.3.